The molecular weight excluding hydrogens is 639 g/mol. The third-order valence-electron chi connectivity index (χ3n) is 9.90. The Balaban J connectivity index is 1.13. The highest BCUT2D eigenvalue weighted by atomic mass is 32.1. The molecule has 0 spiro atoms. The first-order chi connectivity index (χ1) is 25.3. The van der Waals surface area contributed by atoms with Gasteiger partial charge in [-0.3, -0.25) is 0 Å². The number of nitrogens with zero attached hydrogens (tertiary/aromatic N) is 1. The summed E-state index contributed by atoms with van der Waals surface area (Å²) in [7, 11) is 0. The first kappa shape index (κ1) is 29.5. The fraction of sp³-hybridized carbons (Fsp3) is 0. The summed E-state index contributed by atoms with van der Waals surface area (Å²) in [6.07, 6.45) is 0. The maximum absolute atomic E-state index is 6.93. The second-order valence-electron chi connectivity index (χ2n) is 12.9. The predicted octanol–water partition coefficient (Wildman–Crippen LogP) is 14.4. The smallest absolute Gasteiger partial charge is 0.159 e. The highest BCUT2D eigenvalue weighted by Crippen LogP contribution is 2.46. The number of rotatable bonds is 6. The topological polar surface area (TPSA) is 16.4 Å². The Kier molecular flexibility index (Phi) is 7.04. The van der Waals surface area contributed by atoms with Crippen LogP contribution in [0.1, 0.15) is 0 Å². The fourth-order valence-corrected chi connectivity index (χ4v) is 8.54. The Hall–Kier alpha value is -6.42. The lowest BCUT2D eigenvalue weighted by Gasteiger charge is -2.26. The van der Waals surface area contributed by atoms with E-state index in [1.54, 1.807) is 0 Å². The number of thiophene rings is 1. The van der Waals surface area contributed by atoms with E-state index in [1.807, 2.05) is 11.3 Å². The third kappa shape index (κ3) is 5.10. The Morgan fingerprint density at radius 3 is 1.61 bits per heavy atom. The number of para-hydroxylation sites is 2. The van der Waals surface area contributed by atoms with E-state index in [0.717, 1.165) is 50.1 Å². The number of benzene rings is 8. The SMILES string of the molecule is c1ccc(-c2ccc(-c3ccc(N(c4ccc5c(c4)sc4ccccc45)c4cccc5c4oc4c(-c6ccccc6)cccc45)cc3)cc2)cc1. The molecule has 0 saturated carbocycles. The lowest BCUT2D eigenvalue weighted by atomic mass is 10.00. The summed E-state index contributed by atoms with van der Waals surface area (Å²) in [6.45, 7) is 0. The van der Waals surface area contributed by atoms with Gasteiger partial charge in [0.15, 0.2) is 5.58 Å². The van der Waals surface area contributed by atoms with Crippen LogP contribution in [0.3, 0.4) is 0 Å². The Bertz CT molecular complexity index is 2830. The summed E-state index contributed by atoms with van der Waals surface area (Å²) in [6, 6.07) is 67.2. The fourth-order valence-electron chi connectivity index (χ4n) is 7.40. The number of anilines is 3. The van der Waals surface area contributed by atoms with Crippen LogP contribution in [0.15, 0.2) is 192 Å². The lowest BCUT2D eigenvalue weighted by Crippen LogP contribution is -2.10. The summed E-state index contributed by atoms with van der Waals surface area (Å²) < 4.78 is 9.49. The zero-order valence-corrected chi connectivity index (χ0v) is 28.5. The van der Waals surface area contributed by atoms with Crippen LogP contribution in [0.2, 0.25) is 0 Å². The average Bonchev–Trinajstić information content (AvgIpc) is 3.78. The van der Waals surface area contributed by atoms with Crippen LogP contribution in [0.25, 0.3) is 75.5 Å². The van der Waals surface area contributed by atoms with Crippen molar-refractivity contribution in [3.8, 4) is 33.4 Å². The summed E-state index contributed by atoms with van der Waals surface area (Å²) >= 11 is 1.84. The highest BCUT2D eigenvalue weighted by molar-refractivity contribution is 7.25. The van der Waals surface area contributed by atoms with E-state index in [4.69, 9.17) is 4.42 Å². The quantitative estimate of drug-likeness (QED) is 0.175. The van der Waals surface area contributed by atoms with Crippen LogP contribution >= 0.6 is 11.3 Å². The molecule has 10 rings (SSSR count). The first-order valence-corrected chi connectivity index (χ1v) is 18.1. The molecule has 0 aliphatic heterocycles. The summed E-state index contributed by atoms with van der Waals surface area (Å²) in [5.74, 6) is 0. The minimum Gasteiger partial charge on any atom is -0.453 e. The molecule has 2 nitrogen and oxygen atoms in total. The molecule has 0 N–H and O–H groups in total. The van der Waals surface area contributed by atoms with Crippen molar-refractivity contribution in [2.24, 2.45) is 0 Å². The van der Waals surface area contributed by atoms with Gasteiger partial charge in [0.1, 0.15) is 5.58 Å². The molecule has 3 heteroatoms. The molecule has 0 aliphatic rings. The zero-order chi connectivity index (χ0) is 33.7. The van der Waals surface area contributed by atoms with Crippen LogP contribution in [-0.4, -0.2) is 0 Å². The first-order valence-electron chi connectivity index (χ1n) is 17.3. The molecular formula is C48H31NOS. The van der Waals surface area contributed by atoms with Crippen molar-refractivity contribution < 1.29 is 4.42 Å². The van der Waals surface area contributed by atoms with E-state index in [0.29, 0.717) is 0 Å². The van der Waals surface area contributed by atoms with E-state index >= 15 is 0 Å². The van der Waals surface area contributed by atoms with Gasteiger partial charge in [0.05, 0.1) is 5.69 Å². The molecule has 2 heterocycles. The van der Waals surface area contributed by atoms with E-state index in [1.165, 1.54) is 42.4 Å². The molecule has 2 aromatic heterocycles. The van der Waals surface area contributed by atoms with Crippen LogP contribution in [-0.2, 0) is 0 Å². The Labute approximate surface area is 300 Å². The zero-order valence-electron chi connectivity index (χ0n) is 27.7. The molecule has 0 bridgehead atoms. The number of furan rings is 1. The van der Waals surface area contributed by atoms with Crippen LogP contribution in [0.4, 0.5) is 17.1 Å². The summed E-state index contributed by atoms with van der Waals surface area (Å²) in [5, 5.41) is 4.79. The van der Waals surface area contributed by atoms with Gasteiger partial charge in [-0.15, -0.1) is 11.3 Å². The molecule has 51 heavy (non-hydrogen) atoms. The van der Waals surface area contributed by atoms with E-state index in [-0.39, 0.29) is 0 Å². The van der Waals surface area contributed by atoms with Crippen molar-refractivity contribution in [1.82, 2.24) is 0 Å². The lowest BCUT2D eigenvalue weighted by molar-refractivity contribution is 0.670. The Morgan fingerprint density at radius 2 is 0.882 bits per heavy atom. The third-order valence-corrected chi connectivity index (χ3v) is 11.0. The normalized spacial score (nSPS) is 11.5. The molecule has 0 amide bonds. The molecule has 0 fully saturated rings. The standard InChI is InChI=1S/C48H31NOS/c1-3-11-32(12-4-1)33-21-23-34(24-22-33)35-25-27-37(28-26-35)49(38-29-30-41-40-15-7-8-20-45(40)51-46(41)31-38)44-19-10-18-43-42-17-9-16-39(47(42)50-48(43)44)36-13-5-2-6-14-36/h1-31H. The van der Waals surface area contributed by atoms with Crippen LogP contribution in [0.5, 0.6) is 0 Å². The van der Waals surface area contributed by atoms with Crippen molar-refractivity contribution in [2.75, 3.05) is 4.90 Å². The van der Waals surface area contributed by atoms with Crippen molar-refractivity contribution >= 4 is 70.5 Å². The van der Waals surface area contributed by atoms with Gasteiger partial charge >= 0.3 is 0 Å². The molecule has 0 saturated heterocycles. The van der Waals surface area contributed by atoms with Crippen LogP contribution < -0.4 is 4.90 Å². The van der Waals surface area contributed by atoms with E-state index in [9.17, 15) is 0 Å². The highest BCUT2D eigenvalue weighted by Gasteiger charge is 2.21. The molecule has 0 atom stereocenters. The van der Waals surface area contributed by atoms with Gasteiger partial charge in [-0.2, -0.15) is 0 Å². The number of hydrogen-bond acceptors (Lipinski definition) is 3. The number of hydrogen-bond donors (Lipinski definition) is 0. The van der Waals surface area contributed by atoms with Crippen molar-refractivity contribution in [3.05, 3.63) is 188 Å². The second-order valence-corrected chi connectivity index (χ2v) is 14.0. The predicted molar refractivity (Wildman–Crippen MR) is 218 cm³/mol. The molecule has 0 radical (unpaired) electrons. The van der Waals surface area contributed by atoms with Gasteiger partial charge in [0.25, 0.3) is 0 Å². The van der Waals surface area contributed by atoms with Gasteiger partial charge in [-0.05, 0) is 64.2 Å². The van der Waals surface area contributed by atoms with Gasteiger partial charge in [-0.25, -0.2) is 0 Å². The van der Waals surface area contributed by atoms with Crippen molar-refractivity contribution in [2.45, 2.75) is 0 Å². The second kappa shape index (κ2) is 12.2. The van der Waals surface area contributed by atoms with Crippen molar-refractivity contribution in [1.29, 1.82) is 0 Å². The Morgan fingerprint density at radius 1 is 0.353 bits per heavy atom. The minimum absolute atomic E-state index is 0.868. The molecule has 0 unspecified atom stereocenters. The van der Waals surface area contributed by atoms with Crippen molar-refractivity contribution in [3.63, 3.8) is 0 Å². The molecule has 240 valence electrons. The van der Waals surface area contributed by atoms with Gasteiger partial charge in [0, 0.05) is 47.9 Å². The van der Waals surface area contributed by atoms with Gasteiger partial charge in [0.2, 0.25) is 0 Å². The maximum atomic E-state index is 6.93. The molecule has 0 aliphatic carbocycles. The number of fused-ring (bicyclic) bond motifs is 6. The average molecular weight is 670 g/mol. The van der Waals surface area contributed by atoms with Gasteiger partial charge < -0.3 is 9.32 Å². The largest absolute Gasteiger partial charge is 0.453 e. The summed E-state index contributed by atoms with van der Waals surface area (Å²) in [4.78, 5) is 2.35. The molecule has 8 aromatic carbocycles. The monoisotopic (exact) mass is 669 g/mol. The van der Waals surface area contributed by atoms with E-state index < -0.39 is 0 Å². The summed E-state index contributed by atoms with van der Waals surface area (Å²) in [5.41, 5.74) is 12.0. The van der Waals surface area contributed by atoms with E-state index in [2.05, 4.69) is 193 Å². The molecule has 10 aromatic rings. The van der Waals surface area contributed by atoms with Crippen LogP contribution in [0, 0.1) is 0 Å². The minimum atomic E-state index is 0.868. The maximum Gasteiger partial charge on any atom is 0.159 e. The van der Waals surface area contributed by atoms with Gasteiger partial charge in [-0.1, -0.05) is 152 Å².